The quantitative estimate of drug-likeness (QED) is 0.818. The van der Waals surface area contributed by atoms with Gasteiger partial charge in [-0.25, -0.2) is 0 Å². The van der Waals surface area contributed by atoms with Crippen LogP contribution in [0.25, 0.3) is 11.1 Å². The molecule has 4 nitrogen and oxygen atoms in total. The molecule has 0 saturated heterocycles. The maximum Gasteiger partial charge on any atom is 0.309 e. The van der Waals surface area contributed by atoms with Crippen LogP contribution in [0.1, 0.15) is 6.42 Å². The molecule has 2 aromatic heterocycles. The normalized spacial score (nSPS) is 10.2. The maximum atomic E-state index is 10.4. The molecule has 0 radical (unpaired) electrons. The van der Waals surface area contributed by atoms with Crippen LogP contribution in [0.5, 0.6) is 0 Å². The van der Waals surface area contributed by atoms with Crippen molar-refractivity contribution in [1.29, 1.82) is 0 Å². The molecular weight excluding hydrogens is 224 g/mol. The van der Waals surface area contributed by atoms with Crippen molar-refractivity contribution in [3.05, 3.63) is 35.3 Å². The fraction of sp³-hybridized carbons (Fsp3) is 0.182. The molecule has 0 bridgehead atoms. The summed E-state index contributed by atoms with van der Waals surface area (Å²) in [5.74, 6) is -0.809. The maximum absolute atomic E-state index is 10.4. The Bertz CT molecular complexity index is 465. The number of aliphatic carboxylic acids is 1. The molecule has 0 unspecified atom stereocenters. The highest BCUT2D eigenvalue weighted by atomic mass is 32.1. The van der Waals surface area contributed by atoms with E-state index in [-0.39, 0.29) is 6.42 Å². The molecule has 0 aromatic carbocycles. The highest BCUT2D eigenvalue weighted by molar-refractivity contribution is 7.08. The summed E-state index contributed by atoms with van der Waals surface area (Å²) in [7, 11) is 0. The Balaban J connectivity index is 2.08. The molecular formula is C11H11N2O2S+. The predicted octanol–water partition coefficient (Wildman–Crippen LogP) is 1.57. The Hall–Kier alpha value is -1.75. The summed E-state index contributed by atoms with van der Waals surface area (Å²) in [6, 6.07) is 3.97. The fourth-order valence-electron chi connectivity index (χ4n) is 1.33. The number of carbonyl (C=O) groups is 1. The number of hydrogen-bond donors (Lipinski definition) is 1. The minimum Gasteiger partial charge on any atom is -0.481 e. The predicted molar refractivity (Wildman–Crippen MR) is 60.0 cm³/mol. The third kappa shape index (κ3) is 2.64. The molecule has 0 atom stereocenters. The number of aryl methyl sites for hydroxylation is 1. The van der Waals surface area contributed by atoms with Crippen molar-refractivity contribution >= 4 is 17.3 Å². The molecule has 0 spiro atoms. The van der Waals surface area contributed by atoms with E-state index in [1.807, 2.05) is 17.5 Å². The SMILES string of the molecule is O=C(O)CC[n+]1ccc(-c2ccsc2)cn1. The van der Waals surface area contributed by atoms with Crippen LogP contribution in [0.2, 0.25) is 0 Å². The van der Waals surface area contributed by atoms with Gasteiger partial charge in [0, 0.05) is 11.6 Å². The van der Waals surface area contributed by atoms with Crippen molar-refractivity contribution in [2.45, 2.75) is 13.0 Å². The highest BCUT2D eigenvalue weighted by Gasteiger charge is 2.07. The van der Waals surface area contributed by atoms with E-state index >= 15 is 0 Å². The average molecular weight is 235 g/mol. The number of hydrogen-bond acceptors (Lipinski definition) is 3. The molecule has 1 N–H and O–H groups in total. The van der Waals surface area contributed by atoms with E-state index in [1.165, 1.54) is 0 Å². The standard InChI is InChI=1S/C11H10N2O2S/c14-11(15)2-5-13-4-1-9(7-12-13)10-3-6-16-8-10/h1,3-4,6-8H,2,5H2/p+1. The zero-order chi connectivity index (χ0) is 11.4. The number of nitrogens with zero attached hydrogens (tertiary/aromatic N) is 2. The second-order valence-electron chi connectivity index (χ2n) is 3.33. The topological polar surface area (TPSA) is 54.1 Å². The first-order chi connectivity index (χ1) is 7.75. The Morgan fingerprint density at radius 2 is 2.31 bits per heavy atom. The summed E-state index contributed by atoms with van der Waals surface area (Å²) < 4.78 is 1.63. The van der Waals surface area contributed by atoms with Gasteiger partial charge in [0.05, 0.1) is 0 Å². The fourth-order valence-corrected chi connectivity index (χ4v) is 1.99. The van der Waals surface area contributed by atoms with Gasteiger partial charge in [-0.1, -0.05) is 4.68 Å². The molecule has 2 rings (SSSR count). The van der Waals surface area contributed by atoms with E-state index < -0.39 is 5.97 Å². The zero-order valence-corrected chi connectivity index (χ0v) is 9.35. The number of rotatable bonds is 4. The molecule has 16 heavy (non-hydrogen) atoms. The molecule has 0 amide bonds. The van der Waals surface area contributed by atoms with Crippen molar-refractivity contribution in [3.8, 4) is 11.1 Å². The lowest BCUT2D eigenvalue weighted by Crippen LogP contribution is -2.38. The first kappa shape index (κ1) is 10.8. The summed E-state index contributed by atoms with van der Waals surface area (Å²) in [4.78, 5) is 10.4. The van der Waals surface area contributed by atoms with Crippen LogP contribution in [0, 0.1) is 0 Å². The summed E-state index contributed by atoms with van der Waals surface area (Å²) in [6.45, 7) is 0.402. The van der Waals surface area contributed by atoms with E-state index in [2.05, 4.69) is 10.5 Å². The molecule has 0 aliphatic heterocycles. The number of carboxylic acid groups (broad SMARTS) is 1. The highest BCUT2D eigenvalue weighted by Crippen LogP contribution is 2.19. The molecule has 2 heterocycles. The summed E-state index contributed by atoms with van der Waals surface area (Å²) in [5, 5.41) is 16.8. The molecule has 0 fully saturated rings. The van der Waals surface area contributed by atoms with Gasteiger partial charge in [-0.15, -0.1) is 0 Å². The van der Waals surface area contributed by atoms with Crippen LogP contribution >= 0.6 is 11.3 Å². The van der Waals surface area contributed by atoms with Crippen molar-refractivity contribution in [1.82, 2.24) is 5.10 Å². The van der Waals surface area contributed by atoms with Gasteiger partial charge in [-0.05, 0) is 27.5 Å². The monoisotopic (exact) mass is 235 g/mol. The molecule has 2 aromatic rings. The van der Waals surface area contributed by atoms with Crippen LogP contribution in [0.4, 0.5) is 0 Å². The Morgan fingerprint density at radius 1 is 1.44 bits per heavy atom. The van der Waals surface area contributed by atoms with Crippen molar-refractivity contribution in [2.24, 2.45) is 0 Å². The van der Waals surface area contributed by atoms with Gasteiger partial charge in [-0.2, -0.15) is 11.3 Å². The Kier molecular flexibility index (Phi) is 3.26. The number of thiophene rings is 1. The Morgan fingerprint density at radius 3 is 2.88 bits per heavy atom. The number of carboxylic acids is 1. The third-order valence-electron chi connectivity index (χ3n) is 2.18. The van der Waals surface area contributed by atoms with Gasteiger partial charge in [0.2, 0.25) is 0 Å². The van der Waals surface area contributed by atoms with Crippen LogP contribution in [0.15, 0.2) is 35.3 Å². The second-order valence-corrected chi connectivity index (χ2v) is 4.11. The van der Waals surface area contributed by atoms with Crippen LogP contribution in [-0.2, 0) is 11.3 Å². The summed E-state index contributed by atoms with van der Waals surface area (Å²) in [6.07, 6.45) is 3.65. The van der Waals surface area contributed by atoms with E-state index in [9.17, 15) is 4.79 Å². The summed E-state index contributed by atoms with van der Waals surface area (Å²) >= 11 is 1.64. The van der Waals surface area contributed by atoms with Crippen LogP contribution < -0.4 is 4.68 Å². The van der Waals surface area contributed by atoms with E-state index in [0.717, 1.165) is 11.1 Å². The van der Waals surface area contributed by atoms with Crippen molar-refractivity contribution in [2.75, 3.05) is 0 Å². The summed E-state index contributed by atoms with van der Waals surface area (Å²) in [5.41, 5.74) is 2.19. The van der Waals surface area contributed by atoms with E-state index in [1.54, 1.807) is 28.4 Å². The molecule has 0 saturated carbocycles. The average Bonchev–Trinajstić information content (AvgIpc) is 2.80. The van der Waals surface area contributed by atoms with E-state index in [4.69, 9.17) is 5.11 Å². The zero-order valence-electron chi connectivity index (χ0n) is 8.54. The smallest absolute Gasteiger partial charge is 0.309 e. The molecule has 0 aliphatic carbocycles. The van der Waals surface area contributed by atoms with Gasteiger partial charge in [0.1, 0.15) is 12.6 Å². The van der Waals surface area contributed by atoms with Gasteiger partial charge < -0.3 is 5.11 Å². The largest absolute Gasteiger partial charge is 0.481 e. The van der Waals surface area contributed by atoms with Crippen LogP contribution in [-0.4, -0.2) is 16.2 Å². The Labute approximate surface area is 96.8 Å². The molecule has 5 heteroatoms. The van der Waals surface area contributed by atoms with E-state index in [0.29, 0.717) is 6.54 Å². The van der Waals surface area contributed by atoms with Crippen molar-refractivity contribution in [3.63, 3.8) is 0 Å². The molecule has 82 valence electrons. The lowest BCUT2D eigenvalue weighted by atomic mass is 10.2. The first-order valence-electron chi connectivity index (χ1n) is 4.86. The van der Waals surface area contributed by atoms with Crippen LogP contribution in [0.3, 0.4) is 0 Å². The van der Waals surface area contributed by atoms with Gasteiger partial charge in [-0.3, -0.25) is 4.79 Å². The lowest BCUT2D eigenvalue weighted by molar-refractivity contribution is -0.752. The van der Waals surface area contributed by atoms with Gasteiger partial charge in [0.15, 0.2) is 12.7 Å². The van der Waals surface area contributed by atoms with Gasteiger partial charge >= 0.3 is 5.97 Å². The first-order valence-corrected chi connectivity index (χ1v) is 5.80. The second kappa shape index (κ2) is 4.85. The molecule has 0 aliphatic rings. The number of aromatic nitrogens is 2. The third-order valence-corrected chi connectivity index (χ3v) is 2.86. The van der Waals surface area contributed by atoms with Crippen molar-refractivity contribution < 1.29 is 14.6 Å². The lowest BCUT2D eigenvalue weighted by Gasteiger charge is -1.95. The minimum absolute atomic E-state index is 0.0927. The van der Waals surface area contributed by atoms with Gasteiger partial charge in [0.25, 0.3) is 0 Å². The minimum atomic E-state index is -0.809.